The van der Waals surface area contributed by atoms with Gasteiger partial charge in [-0.1, -0.05) is 23.1 Å². The van der Waals surface area contributed by atoms with E-state index in [2.05, 4.69) is 26.0 Å². The third kappa shape index (κ3) is 7.29. The van der Waals surface area contributed by atoms with Gasteiger partial charge in [-0.05, 0) is 61.9 Å². The van der Waals surface area contributed by atoms with E-state index in [9.17, 15) is 9.59 Å². The van der Waals surface area contributed by atoms with Crippen LogP contribution in [0.15, 0.2) is 51.9 Å². The number of thioether (sulfide) groups is 1. The molecule has 0 atom stereocenters. The van der Waals surface area contributed by atoms with Crippen LogP contribution in [-0.2, 0) is 15.3 Å². The number of ether oxygens (including phenoxy) is 2. The Labute approximate surface area is 199 Å². The summed E-state index contributed by atoms with van der Waals surface area (Å²) in [6, 6.07) is 12.2. The molecule has 172 valence electrons. The second kappa shape index (κ2) is 12.0. The molecule has 1 heterocycles. The SMILES string of the molecule is CCOc1ccc(NC(=O)C(=O)NN=Cc2ccc(OC)c(CSc3nnc(C)s3)c2)cc1. The first-order valence-electron chi connectivity index (χ1n) is 9.95. The Morgan fingerprint density at radius 1 is 1.15 bits per heavy atom. The van der Waals surface area contributed by atoms with Crippen LogP contribution in [0.4, 0.5) is 5.69 Å². The summed E-state index contributed by atoms with van der Waals surface area (Å²) in [4.78, 5) is 24.1. The van der Waals surface area contributed by atoms with Crippen LogP contribution in [-0.4, -0.2) is 41.9 Å². The van der Waals surface area contributed by atoms with Gasteiger partial charge in [0, 0.05) is 17.0 Å². The van der Waals surface area contributed by atoms with E-state index < -0.39 is 11.8 Å². The van der Waals surface area contributed by atoms with Gasteiger partial charge in [-0.25, -0.2) is 5.43 Å². The lowest BCUT2D eigenvalue weighted by Crippen LogP contribution is -2.32. The lowest BCUT2D eigenvalue weighted by atomic mass is 10.1. The van der Waals surface area contributed by atoms with Crippen molar-refractivity contribution >= 4 is 46.8 Å². The standard InChI is InChI=1S/C22H23N5O4S2/c1-4-31-18-8-6-17(7-9-18)24-20(28)21(29)26-23-12-15-5-10-19(30-3)16(11-15)13-32-22-27-25-14(2)33-22/h5-12H,4,13H2,1-3H3,(H,24,28)(H,26,29). The number of hydrogen-bond donors (Lipinski definition) is 2. The molecule has 0 aliphatic heterocycles. The second-order valence-corrected chi connectivity index (χ2v) is 8.96. The van der Waals surface area contributed by atoms with Gasteiger partial charge in [0.1, 0.15) is 16.5 Å². The van der Waals surface area contributed by atoms with Gasteiger partial charge in [-0.3, -0.25) is 9.59 Å². The quantitative estimate of drug-likeness (QED) is 0.206. The monoisotopic (exact) mass is 485 g/mol. The van der Waals surface area contributed by atoms with Gasteiger partial charge in [0.25, 0.3) is 0 Å². The van der Waals surface area contributed by atoms with Crippen LogP contribution in [0.1, 0.15) is 23.1 Å². The van der Waals surface area contributed by atoms with Gasteiger partial charge in [0.05, 0.1) is 19.9 Å². The first kappa shape index (κ1) is 24.2. The highest BCUT2D eigenvalue weighted by atomic mass is 32.2. The summed E-state index contributed by atoms with van der Waals surface area (Å²) in [7, 11) is 1.61. The van der Waals surface area contributed by atoms with Crippen molar-refractivity contribution in [2.75, 3.05) is 19.0 Å². The molecule has 3 aromatic rings. The van der Waals surface area contributed by atoms with Crippen molar-refractivity contribution in [3.05, 3.63) is 58.6 Å². The Bertz CT molecular complexity index is 1130. The summed E-state index contributed by atoms with van der Waals surface area (Å²) in [5.74, 6) is 0.350. The summed E-state index contributed by atoms with van der Waals surface area (Å²) < 4.78 is 11.6. The smallest absolute Gasteiger partial charge is 0.329 e. The van der Waals surface area contributed by atoms with E-state index in [0.717, 1.165) is 26.2 Å². The van der Waals surface area contributed by atoms with Crippen molar-refractivity contribution in [1.29, 1.82) is 0 Å². The Balaban J connectivity index is 1.55. The molecule has 0 saturated heterocycles. The van der Waals surface area contributed by atoms with Gasteiger partial charge in [0.15, 0.2) is 4.34 Å². The van der Waals surface area contributed by atoms with E-state index in [1.54, 1.807) is 49.2 Å². The lowest BCUT2D eigenvalue weighted by Gasteiger charge is -2.08. The van der Waals surface area contributed by atoms with E-state index in [0.29, 0.717) is 23.8 Å². The Hall–Kier alpha value is -3.44. The largest absolute Gasteiger partial charge is 0.496 e. The van der Waals surface area contributed by atoms with Crippen LogP contribution in [0, 0.1) is 6.92 Å². The Kier molecular flexibility index (Phi) is 8.79. The molecule has 0 bridgehead atoms. The molecule has 0 aliphatic carbocycles. The average molecular weight is 486 g/mol. The minimum Gasteiger partial charge on any atom is -0.496 e. The zero-order chi connectivity index (χ0) is 23.6. The average Bonchev–Trinajstić information content (AvgIpc) is 3.24. The van der Waals surface area contributed by atoms with Crippen LogP contribution in [0.3, 0.4) is 0 Å². The molecule has 0 aliphatic rings. The molecule has 0 saturated carbocycles. The minimum absolute atomic E-state index is 0.477. The van der Waals surface area contributed by atoms with E-state index in [4.69, 9.17) is 9.47 Å². The molecule has 9 nitrogen and oxygen atoms in total. The molecule has 0 fully saturated rings. The predicted octanol–water partition coefficient (Wildman–Crippen LogP) is 3.63. The first-order valence-corrected chi connectivity index (χ1v) is 11.8. The maximum atomic E-state index is 12.1. The number of benzene rings is 2. The van der Waals surface area contributed by atoms with Crippen LogP contribution in [0.25, 0.3) is 0 Å². The third-order valence-corrected chi connectivity index (χ3v) is 6.19. The van der Waals surface area contributed by atoms with Crippen molar-refractivity contribution < 1.29 is 19.1 Å². The number of nitrogens with zero attached hydrogens (tertiary/aromatic N) is 3. The topological polar surface area (TPSA) is 115 Å². The van der Waals surface area contributed by atoms with Gasteiger partial charge >= 0.3 is 11.8 Å². The summed E-state index contributed by atoms with van der Waals surface area (Å²) in [5, 5.41) is 15.4. The minimum atomic E-state index is -0.879. The number of carbonyl (C=O) groups excluding carboxylic acids is 2. The van der Waals surface area contributed by atoms with Crippen LogP contribution in [0.5, 0.6) is 11.5 Å². The molecule has 0 radical (unpaired) electrons. The maximum Gasteiger partial charge on any atom is 0.329 e. The van der Waals surface area contributed by atoms with Crippen LogP contribution < -0.4 is 20.2 Å². The number of aryl methyl sites for hydroxylation is 1. The summed E-state index contributed by atoms with van der Waals surface area (Å²) >= 11 is 3.09. The molecule has 33 heavy (non-hydrogen) atoms. The predicted molar refractivity (Wildman–Crippen MR) is 129 cm³/mol. The number of anilines is 1. The van der Waals surface area contributed by atoms with Crippen molar-refractivity contribution in [3.63, 3.8) is 0 Å². The molecule has 1 aromatic heterocycles. The molecule has 3 rings (SSSR count). The van der Waals surface area contributed by atoms with E-state index in [-0.39, 0.29) is 0 Å². The van der Waals surface area contributed by atoms with Crippen molar-refractivity contribution in [3.8, 4) is 11.5 Å². The molecule has 0 unspecified atom stereocenters. The highest BCUT2D eigenvalue weighted by Crippen LogP contribution is 2.30. The van der Waals surface area contributed by atoms with Crippen molar-refractivity contribution in [2.45, 2.75) is 23.9 Å². The number of hydrogen-bond acceptors (Lipinski definition) is 9. The molecule has 0 spiro atoms. The summed E-state index contributed by atoms with van der Waals surface area (Å²) in [5.41, 5.74) is 4.40. The number of aromatic nitrogens is 2. The fraction of sp³-hybridized carbons (Fsp3) is 0.227. The van der Waals surface area contributed by atoms with Crippen molar-refractivity contribution in [2.24, 2.45) is 5.10 Å². The fourth-order valence-corrected chi connectivity index (χ4v) is 4.47. The number of methoxy groups -OCH3 is 1. The molecule has 2 amide bonds. The van der Waals surface area contributed by atoms with Crippen molar-refractivity contribution in [1.82, 2.24) is 15.6 Å². The number of hydrazone groups is 1. The summed E-state index contributed by atoms with van der Waals surface area (Å²) in [6.07, 6.45) is 1.46. The molecule has 2 N–H and O–H groups in total. The van der Waals surface area contributed by atoms with Gasteiger partial charge in [-0.2, -0.15) is 5.10 Å². The van der Waals surface area contributed by atoms with Gasteiger partial charge in [-0.15, -0.1) is 10.2 Å². The molecule has 2 aromatic carbocycles. The van der Waals surface area contributed by atoms with Gasteiger partial charge < -0.3 is 14.8 Å². The Morgan fingerprint density at radius 2 is 1.94 bits per heavy atom. The molecule has 11 heteroatoms. The number of nitrogens with one attached hydrogen (secondary N) is 2. The number of carbonyl (C=O) groups is 2. The first-order chi connectivity index (χ1) is 16.0. The lowest BCUT2D eigenvalue weighted by molar-refractivity contribution is -0.136. The van der Waals surface area contributed by atoms with Gasteiger partial charge in [0.2, 0.25) is 0 Å². The zero-order valence-electron chi connectivity index (χ0n) is 18.3. The Morgan fingerprint density at radius 3 is 2.61 bits per heavy atom. The second-order valence-electron chi connectivity index (χ2n) is 6.56. The van der Waals surface area contributed by atoms with Crippen LogP contribution >= 0.6 is 23.1 Å². The molecular formula is C22H23N5O4S2. The fourth-order valence-electron chi connectivity index (χ4n) is 2.67. The maximum absolute atomic E-state index is 12.1. The van der Waals surface area contributed by atoms with Crippen LogP contribution in [0.2, 0.25) is 0 Å². The van der Waals surface area contributed by atoms with E-state index >= 15 is 0 Å². The normalized spacial score (nSPS) is 10.8. The number of rotatable bonds is 9. The van der Waals surface area contributed by atoms with E-state index in [1.165, 1.54) is 17.6 Å². The zero-order valence-corrected chi connectivity index (χ0v) is 20.0. The highest BCUT2D eigenvalue weighted by Gasteiger charge is 2.13. The number of amides is 2. The highest BCUT2D eigenvalue weighted by molar-refractivity contribution is 8.00. The third-order valence-electron chi connectivity index (χ3n) is 4.17. The van der Waals surface area contributed by atoms with E-state index in [1.807, 2.05) is 26.0 Å². The summed E-state index contributed by atoms with van der Waals surface area (Å²) in [6.45, 7) is 4.34. The molecular weight excluding hydrogens is 462 g/mol.